The molecule has 1 aliphatic heterocycles. The highest BCUT2D eigenvalue weighted by Crippen LogP contribution is 2.31. The van der Waals surface area contributed by atoms with E-state index in [1.54, 1.807) is 13.2 Å². The lowest BCUT2D eigenvalue weighted by Crippen LogP contribution is -2.34. The molecule has 2 aromatic heterocycles. The van der Waals surface area contributed by atoms with Crippen molar-refractivity contribution in [2.24, 2.45) is 11.1 Å². The summed E-state index contributed by atoms with van der Waals surface area (Å²) in [6.07, 6.45) is 11.3. The molecule has 2 aliphatic rings. The second-order valence-electron chi connectivity index (χ2n) is 9.50. The molecule has 36 heavy (non-hydrogen) atoms. The predicted octanol–water partition coefficient (Wildman–Crippen LogP) is 4.59. The van der Waals surface area contributed by atoms with Crippen molar-refractivity contribution < 1.29 is 21.5 Å². The third-order valence-electron chi connectivity index (χ3n) is 6.31. The van der Waals surface area contributed by atoms with Crippen LogP contribution in [0.25, 0.3) is 11.3 Å². The van der Waals surface area contributed by atoms with Crippen molar-refractivity contribution in [3.63, 3.8) is 0 Å². The molecule has 2 fully saturated rings. The predicted molar refractivity (Wildman–Crippen MR) is 139 cm³/mol. The summed E-state index contributed by atoms with van der Waals surface area (Å²) >= 11 is 0. The number of rotatable bonds is 8. The number of nitrogens with two attached hydrogens (primary N) is 1. The summed E-state index contributed by atoms with van der Waals surface area (Å²) in [6.45, 7) is 3.85. The van der Waals surface area contributed by atoms with Gasteiger partial charge < -0.3 is 25.3 Å². The molecule has 0 unspecified atom stereocenters. The molecular formula is C26H41FN6O3. The van der Waals surface area contributed by atoms with Gasteiger partial charge in [0, 0.05) is 40.8 Å². The molecule has 1 aliphatic carbocycles. The summed E-state index contributed by atoms with van der Waals surface area (Å²) in [7, 11) is 1.64. The Balaban J connectivity index is 0.000000813. The van der Waals surface area contributed by atoms with Crippen molar-refractivity contribution in [1.29, 1.82) is 5.26 Å². The number of methoxy groups -OCH3 is 1. The Hall–Kier alpha value is -2.87. The Morgan fingerprint density at radius 3 is 2.67 bits per heavy atom. The van der Waals surface area contributed by atoms with Crippen LogP contribution in [-0.4, -0.2) is 60.6 Å². The van der Waals surface area contributed by atoms with Crippen molar-refractivity contribution >= 4 is 5.82 Å². The quantitative estimate of drug-likeness (QED) is 0.530. The molecule has 4 rings (SSSR count). The summed E-state index contributed by atoms with van der Waals surface area (Å²) in [6, 6.07) is 4.58. The fourth-order valence-electron chi connectivity index (χ4n) is 4.24. The number of ether oxygens (including phenoxy) is 3. The van der Waals surface area contributed by atoms with Crippen LogP contribution in [-0.2, 0) is 9.47 Å². The molecule has 3 N–H and O–H groups in total. The number of hydrogen-bond donors (Lipinski definition) is 2. The third-order valence-corrected chi connectivity index (χ3v) is 6.31. The van der Waals surface area contributed by atoms with Gasteiger partial charge in [0.2, 0.25) is 5.88 Å². The lowest BCUT2D eigenvalue weighted by atomic mass is 9.83. The largest absolute Gasteiger partial charge is 0.475 e. The monoisotopic (exact) mass is 504 g/mol. The highest BCUT2D eigenvalue weighted by molar-refractivity contribution is 5.63. The molecular weight excluding hydrogens is 463 g/mol. The van der Waals surface area contributed by atoms with Crippen LogP contribution in [0.3, 0.4) is 0 Å². The summed E-state index contributed by atoms with van der Waals surface area (Å²) in [4.78, 5) is 12.8. The van der Waals surface area contributed by atoms with Crippen LogP contribution < -0.4 is 15.8 Å². The van der Waals surface area contributed by atoms with Crippen LogP contribution in [0.2, 0.25) is 0 Å². The number of nitriles is 1. The van der Waals surface area contributed by atoms with E-state index < -0.39 is 11.2 Å². The molecule has 10 heteroatoms. The summed E-state index contributed by atoms with van der Waals surface area (Å²) in [5.41, 5.74) is 5.38. The van der Waals surface area contributed by atoms with Crippen LogP contribution in [0.1, 0.15) is 54.7 Å². The van der Waals surface area contributed by atoms with E-state index in [9.17, 15) is 9.65 Å². The molecule has 3 heterocycles. The van der Waals surface area contributed by atoms with Gasteiger partial charge in [-0.3, -0.25) is 4.98 Å². The number of pyridine rings is 1. The van der Waals surface area contributed by atoms with Gasteiger partial charge in [0.1, 0.15) is 12.4 Å². The molecule has 2 aromatic rings. The number of aromatic nitrogens is 3. The Morgan fingerprint density at radius 1 is 1.28 bits per heavy atom. The van der Waals surface area contributed by atoms with Gasteiger partial charge in [-0.2, -0.15) is 5.26 Å². The average molecular weight is 505 g/mol. The van der Waals surface area contributed by atoms with Gasteiger partial charge in [0.25, 0.3) is 0 Å². The van der Waals surface area contributed by atoms with Crippen molar-refractivity contribution in [2.75, 3.05) is 38.9 Å². The van der Waals surface area contributed by atoms with Gasteiger partial charge >= 0.3 is 0 Å². The second-order valence-corrected chi connectivity index (χ2v) is 9.50. The minimum Gasteiger partial charge on any atom is -0.475 e. The van der Waals surface area contributed by atoms with Crippen molar-refractivity contribution in [3.05, 3.63) is 30.5 Å². The van der Waals surface area contributed by atoms with Gasteiger partial charge in [-0.1, -0.05) is 19.3 Å². The van der Waals surface area contributed by atoms with E-state index in [2.05, 4.69) is 31.1 Å². The molecule has 0 bridgehead atoms. The second kappa shape index (κ2) is 14.0. The van der Waals surface area contributed by atoms with Gasteiger partial charge in [-0.25, -0.2) is 14.4 Å². The fourth-order valence-corrected chi connectivity index (χ4v) is 4.24. The lowest BCUT2D eigenvalue weighted by Gasteiger charge is -2.29. The Bertz CT molecular complexity index is 999. The smallest absolute Gasteiger partial charge is 0.232 e. The topological polar surface area (TPSA) is 128 Å². The fraction of sp³-hybridized carbons (Fsp3) is 0.615. The maximum atomic E-state index is 14.5. The first kappa shape index (κ1) is 27.7. The molecule has 0 amide bonds. The maximum absolute atomic E-state index is 14.5. The highest BCUT2D eigenvalue weighted by atomic mass is 19.1. The first-order valence-corrected chi connectivity index (χ1v) is 12.6. The van der Waals surface area contributed by atoms with E-state index in [0.29, 0.717) is 55.8 Å². The van der Waals surface area contributed by atoms with E-state index >= 15 is 0 Å². The van der Waals surface area contributed by atoms with Gasteiger partial charge in [-0.15, -0.1) is 0 Å². The summed E-state index contributed by atoms with van der Waals surface area (Å²) in [5, 5.41) is 13.0. The van der Waals surface area contributed by atoms with Gasteiger partial charge in [-0.05, 0) is 38.7 Å². The first-order valence-electron chi connectivity index (χ1n) is 12.6. The molecule has 0 radical (unpaired) electrons. The molecule has 1 saturated carbocycles. The van der Waals surface area contributed by atoms with Crippen LogP contribution in [0.4, 0.5) is 10.2 Å². The third kappa shape index (κ3) is 8.36. The molecule has 0 spiro atoms. The number of nitrogens with one attached hydrogen (secondary N) is 1. The number of anilines is 1. The Kier molecular flexibility index (Phi) is 10.8. The first-order chi connectivity index (χ1) is 17.4. The average Bonchev–Trinajstić information content (AvgIpc) is 2.90. The van der Waals surface area contributed by atoms with Crippen LogP contribution in [0, 0.1) is 22.6 Å². The minimum atomic E-state index is -0.588. The van der Waals surface area contributed by atoms with Gasteiger partial charge in [0.15, 0.2) is 5.82 Å². The zero-order valence-corrected chi connectivity index (χ0v) is 21.2. The molecule has 1 saturated heterocycles. The molecule has 0 aromatic carbocycles. The zero-order chi connectivity index (χ0) is 25.8. The van der Waals surface area contributed by atoms with E-state index in [0.717, 1.165) is 12.8 Å². The molecule has 200 valence electrons. The number of hydrogen-bond acceptors (Lipinski definition) is 9. The highest BCUT2D eigenvalue weighted by Gasteiger charge is 2.34. The van der Waals surface area contributed by atoms with E-state index in [1.165, 1.54) is 37.9 Å². The molecule has 1 atom stereocenters. The Labute approximate surface area is 215 Å². The van der Waals surface area contributed by atoms with Crippen LogP contribution in [0.15, 0.2) is 24.7 Å². The number of nitrogens with zero attached hydrogens (tertiary/aromatic N) is 4. The summed E-state index contributed by atoms with van der Waals surface area (Å²) < 4.78 is 30.3. The number of halogens is 1. The van der Waals surface area contributed by atoms with E-state index in [-0.39, 0.29) is 21.4 Å². The maximum Gasteiger partial charge on any atom is 0.232 e. The molecule has 9 nitrogen and oxygen atoms in total. The van der Waals surface area contributed by atoms with E-state index in [1.807, 2.05) is 6.92 Å². The van der Waals surface area contributed by atoms with Gasteiger partial charge in [0.05, 0.1) is 42.4 Å². The zero-order valence-electron chi connectivity index (χ0n) is 21.2. The van der Waals surface area contributed by atoms with Crippen molar-refractivity contribution in [3.8, 4) is 23.2 Å². The minimum absolute atomic E-state index is 0. The Morgan fingerprint density at radius 2 is 2.03 bits per heavy atom. The lowest BCUT2D eigenvalue weighted by molar-refractivity contribution is 0.0182. The summed E-state index contributed by atoms with van der Waals surface area (Å²) in [5.74, 6) is 0.442. The van der Waals surface area contributed by atoms with Crippen LogP contribution in [0.5, 0.6) is 5.88 Å². The standard InChI is InChI=1S/C22H26FN5O2.C4H11NO.2H2/c23-18-11-26-20(27-16-4-2-1-3-5-16)10-17(18)19-12-25-13-21(28-19)30-15-22(14-24)6-8-29-9-7-22;1-4(5)3-6-2;;/h10-13,16H,1-9,15H2,(H,26,27);4H,3,5H2,1-2H3;2*1H/t;4-;;/m.1../s1. The van der Waals surface area contributed by atoms with Crippen molar-refractivity contribution in [2.45, 2.75) is 64.0 Å². The normalized spacial score (nSPS) is 18.3. The van der Waals surface area contributed by atoms with Crippen molar-refractivity contribution in [1.82, 2.24) is 15.0 Å². The van der Waals surface area contributed by atoms with Crippen LogP contribution >= 0.6 is 0 Å². The SMILES string of the molecule is COC[C@@H](C)N.N#CC1(COc2cncc(-c3cc(NC4CCCCC4)ncc3F)n2)CCOCC1.[HH].[HH]. The van der Waals surface area contributed by atoms with E-state index in [4.69, 9.17) is 15.2 Å².